The van der Waals surface area contributed by atoms with Gasteiger partial charge in [-0.05, 0) is 6.07 Å². The third-order valence-electron chi connectivity index (χ3n) is 1.54. The van der Waals surface area contributed by atoms with Crippen molar-refractivity contribution in [3.63, 3.8) is 0 Å². The number of aromatic hydroxyl groups is 1. The van der Waals surface area contributed by atoms with Crippen molar-refractivity contribution in [2.24, 2.45) is 0 Å². The monoisotopic (exact) mass is 163 g/mol. The van der Waals surface area contributed by atoms with Gasteiger partial charge in [-0.3, -0.25) is 0 Å². The maximum absolute atomic E-state index is 9.07. The Morgan fingerprint density at radius 1 is 1.58 bits per heavy atom. The first-order valence-corrected chi connectivity index (χ1v) is 3.50. The van der Waals surface area contributed by atoms with Gasteiger partial charge in [-0.2, -0.15) is 5.26 Å². The van der Waals surface area contributed by atoms with Crippen molar-refractivity contribution in [3.05, 3.63) is 23.8 Å². The molecular formula is C9H9NO2. The average Bonchev–Trinajstić information content (AvgIpc) is 2.08. The van der Waals surface area contributed by atoms with E-state index in [4.69, 9.17) is 15.1 Å². The van der Waals surface area contributed by atoms with Crippen molar-refractivity contribution in [3.8, 4) is 17.6 Å². The van der Waals surface area contributed by atoms with Gasteiger partial charge in [-0.15, -0.1) is 0 Å². The third kappa shape index (κ3) is 1.67. The van der Waals surface area contributed by atoms with E-state index in [-0.39, 0.29) is 5.75 Å². The van der Waals surface area contributed by atoms with Crippen LogP contribution in [0.4, 0.5) is 0 Å². The molecule has 0 aliphatic heterocycles. The van der Waals surface area contributed by atoms with Gasteiger partial charge >= 0.3 is 0 Å². The van der Waals surface area contributed by atoms with E-state index in [1.54, 1.807) is 6.07 Å². The van der Waals surface area contributed by atoms with E-state index in [9.17, 15) is 0 Å². The van der Waals surface area contributed by atoms with Crippen LogP contribution in [0.25, 0.3) is 0 Å². The number of rotatable bonds is 2. The van der Waals surface area contributed by atoms with Crippen LogP contribution in [0.15, 0.2) is 18.2 Å². The lowest BCUT2D eigenvalue weighted by molar-refractivity contribution is 0.404. The second kappa shape index (κ2) is 3.63. The molecule has 0 aliphatic carbocycles. The fraction of sp³-hybridized carbons (Fsp3) is 0.222. The Balaban J connectivity index is 3.04. The largest absolute Gasteiger partial charge is 0.508 e. The SMILES string of the molecule is COc1cc(O)ccc1CC#N. The quantitative estimate of drug-likeness (QED) is 0.718. The molecule has 1 aromatic rings. The Bertz CT molecular complexity index is 315. The van der Waals surface area contributed by atoms with Crippen molar-refractivity contribution < 1.29 is 9.84 Å². The van der Waals surface area contributed by atoms with Crippen molar-refractivity contribution in [1.82, 2.24) is 0 Å². The van der Waals surface area contributed by atoms with Crippen LogP contribution >= 0.6 is 0 Å². The molecule has 0 aromatic heterocycles. The third-order valence-corrected chi connectivity index (χ3v) is 1.54. The molecule has 0 radical (unpaired) electrons. The Hall–Kier alpha value is -1.69. The molecule has 0 saturated carbocycles. The van der Waals surface area contributed by atoms with Crippen molar-refractivity contribution in [1.29, 1.82) is 5.26 Å². The van der Waals surface area contributed by atoms with Gasteiger partial charge in [-0.1, -0.05) is 6.07 Å². The van der Waals surface area contributed by atoms with Crippen LogP contribution in [0.2, 0.25) is 0 Å². The zero-order valence-electron chi connectivity index (χ0n) is 6.74. The number of methoxy groups -OCH3 is 1. The molecule has 1 N–H and O–H groups in total. The van der Waals surface area contributed by atoms with Crippen LogP contribution in [-0.2, 0) is 6.42 Å². The minimum absolute atomic E-state index is 0.147. The highest BCUT2D eigenvalue weighted by atomic mass is 16.5. The first-order chi connectivity index (χ1) is 5.77. The second-order valence-electron chi connectivity index (χ2n) is 2.33. The first kappa shape index (κ1) is 8.41. The van der Waals surface area contributed by atoms with Gasteiger partial charge in [0.1, 0.15) is 11.5 Å². The molecule has 62 valence electrons. The maximum atomic E-state index is 9.07. The normalized spacial score (nSPS) is 9.00. The first-order valence-electron chi connectivity index (χ1n) is 3.50. The molecule has 0 atom stereocenters. The number of nitriles is 1. The Labute approximate surface area is 70.8 Å². The highest BCUT2D eigenvalue weighted by molar-refractivity contribution is 5.41. The molecule has 0 fully saturated rings. The molecule has 1 aromatic carbocycles. The minimum Gasteiger partial charge on any atom is -0.508 e. The zero-order valence-corrected chi connectivity index (χ0v) is 6.74. The standard InChI is InChI=1S/C9H9NO2/c1-12-9-6-8(11)3-2-7(9)4-5-10/h2-3,6,11H,4H2,1H3. The highest BCUT2D eigenvalue weighted by Gasteiger charge is 2.02. The van der Waals surface area contributed by atoms with E-state index in [0.717, 1.165) is 5.56 Å². The highest BCUT2D eigenvalue weighted by Crippen LogP contribution is 2.23. The summed E-state index contributed by atoms with van der Waals surface area (Å²) in [5.41, 5.74) is 0.790. The summed E-state index contributed by atoms with van der Waals surface area (Å²) in [5.74, 6) is 0.699. The molecule has 0 aliphatic rings. The molecule has 3 nitrogen and oxygen atoms in total. The molecule has 0 unspecified atom stereocenters. The average molecular weight is 163 g/mol. The molecule has 0 bridgehead atoms. The topological polar surface area (TPSA) is 53.2 Å². The van der Waals surface area contributed by atoms with E-state index < -0.39 is 0 Å². The molecule has 0 heterocycles. The number of ether oxygens (including phenoxy) is 1. The fourth-order valence-corrected chi connectivity index (χ4v) is 0.964. The van der Waals surface area contributed by atoms with Gasteiger partial charge in [0.15, 0.2) is 0 Å². The van der Waals surface area contributed by atoms with Gasteiger partial charge < -0.3 is 9.84 Å². The van der Waals surface area contributed by atoms with Crippen LogP contribution < -0.4 is 4.74 Å². The fourth-order valence-electron chi connectivity index (χ4n) is 0.964. The number of nitrogens with zero attached hydrogens (tertiary/aromatic N) is 1. The van der Waals surface area contributed by atoms with Crippen LogP contribution in [0, 0.1) is 11.3 Å². The molecule has 0 amide bonds. The van der Waals surface area contributed by atoms with Gasteiger partial charge in [0, 0.05) is 11.6 Å². The van der Waals surface area contributed by atoms with Crippen LogP contribution in [0.3, 0.4) is 0 Å². The lowest BCUT2D eigenvalue weighted by Crippen LogP contribution is -1.89. The lowest BCUT2D eigenvalue weighted by atomic mass is 10.1. The van der Waals surface area contributed by atoms with Crippen LogP contribution in [0.1, 0.15) is 5.56 Å². The van der Waals surface area contributed by atoms with Crippen LogP contribution in [0.5, 0.6) is 11.5 Å². The van der Waals surface area contributed by atoms with Gasteiger partial charge in [0.25, 0.3) is 0 Å². The molecule has 0 spiro atoms. The summed E-state index contributed by atoms with van der Waals surface area (Å²) in [6.45, 7) is 0. The zero-order chi connectivity index (χ0) is 8.97. The molecule has 12 heavy (non-hydrogen) atoms. The number of phenolic OH excluding ortho intramolecular Hbond substituents is 1. The van der Waals surface area contributed by atoms with E-state index in [1.165, 1.54) is 19.2 Å². The van der Waals surface area contributed by atoms with Gasteiger partial charge in [0.2, 0.25) is 0 Å². The maximum Gasteiger partial charge on any atom is 0.126 e. The summed E-state index contributed by atoms with van der Waals surface area (Å²) in [6.07, 6.45) is 0.295. The lowest BCUT2D eigenvalue weighted by Gasteiger charge is -2.04. The van der Waals surface area contributed by atoms with E-state index in [2.05, 4.69) is 0 Å². The predicted octanol–water partition coefficient (Wildman–Crippen LogP) is 1.47. The summed E-state index contributed by atoms with van der Waals surface area (Å²) in [4.78, 5) is 0. The van der Waals surface area contributed by atoms with Crippen molar-refractivity contribution in [2.75, 3.05) is 7.11 Å². The summed E-state index contributed by atoms with van der Waals surface area (Å²) >= 11 is 0. The number of hydrogen-bond acceptors (Lipinski definition) is 3. The Morgan fingerprint density at radius 3 is 2.92 bits per heavy atom. The van der Waals surface area contributed by atoms with Crippen LogP contribution in [-0.4, -0.2) is 12.2 Å². The summed E-state index contributed by atoms with van der Waals surface area (Å²) < 4.78 is 4.97. The number of benzene rings is 1. The molecular weight excluding hydrogens is 154 g/mol. The molecule has 1 rings (SSSR count). The summed E-state index contributed by atoms with van der Waals surface area (Å²) in [7, 11) is 1.51. The molecule has 0 saturated heterocycles. The van der Waals surface area contributed by atoms with Gasteiger partial charge in [-0.25, -0.2) is 0 Å². The second-order valence-corrected chi connectivity index (χ2v) is 2.33. The van der Waals surface area contributed by atoms with E-state index in [0.29, 0.717) is 12.2 Å². The van der Waals surface area contributed by atoms with E-state index in [1.807, 2.05) is 6.07 Å². The molecule has 3 heteroatoms. The van der Waals surface area contributed by atoms with Crippen molar-refractivity contribution in [2.45, 2.75) is 6.42 Å². The van der Waals surface area contributed by atoms with Gasteiger partial charge in [0.05, 0.1) is 19.6 Å². The Morgan fingerprint density at radius 2 is 2.33 bits per heavy atom. The van der Waals surface area contributed by atoms with Crippen molar-refractivity contribution >= 4 is 0 Å². The minimum atomic E-state index is 0.147. The number of hydrogen-bond donors (Lipinski definition) is 1. The summed E-state index contributed by atoms with van der Waals surface area (Å²) in [5, 5.41) is 17.5. The summed E-state index contributed by atoms with van der Waals surface area (Å²) in [6, 6.07) is 6.72. The predicted molar refractivity (Wildman–Crippen MR) is 44.0 cm³/mol. The Kier molecular flexibility index (Phi) is 2.54. The van der Waals surface area contributed by atoms with E-state index >= 15 is 0 Å². The smallest absolute Gasteiger partial charge is 0.126 e. The number of phenols is 1.